The second kappa shape index (κ2) is 7.87. The Kier molecular flexibility index (Phi) is 5.10. The van der Waals surface area contributed by atoms with E-state index in [1.807, 2.05) is 55.5 Å². The van der Waals surface area contributed by atoms with Gasteiger partial charge in [0.25, 0.3) is 5.56 Å². The molecule has 0 fully saturated rings. The molecule has 0 saturated heterocycles. The number of amides is 1. The minimum absolute atomic E-state index is 0.0885. The number of hydrogen-bond donors (Lipinski definition) is 1. The van der Waals surface area contributed by atoms with Crippen LogP contribution in [0.5, 0.6) is 5.75 Å². The molecule has 0 saturated carbocycles. The van der Waals surface area contributed by atoms with Crippen molar-refractivity contribution in [2.75, 3.05) is 12.4 Å². The number of nitrogens with zero attached hydrogens (tertiary/aromatic N) is 3. The predicted molar refractivity (Wildman–Crippen MR) is 117 cm³/mol. The van der Waals surface area contributed by atoms with E-state index in [0.717, 1.165) is 22.0 Å². The first-order chi connectivity index (χ1) is 14.5. The fraction of sp³-hybridized carbons (Fsp3) is 0.174. The van der Waals surface area contributed by atoms with Gasteiger partial charge in [0.1, 0.15) is 18.1 Å². The molecule has 4 aromatic rings. The van der Waals surface area contributed by atoms with Crippen molar-refractivity contribution in [2.45, 2.75) is 13.5 Å². The van der Waals surface area contributed by atoms with Gasteiger partial charge in [-0.05, 0) is 30.7 Å². The molecule has 0 unspecified atom stereocenters. The van der Waals surface area contributed by atoms with Gasteiger partial charge in [-0.15, -0.1) is 0 Å². The Hall–Kier alpha value is -3.87. The average Bonchev–Trinajstić information content (AvgIpc) is 3.11. The van der Waals surface area contributed by atoms with Crippen LogP contribution in [0.15, 0.2) is 65.5 Å². The van der Waals surface area contributed by atoms with Gasteiger partial charge in [0, 0.05) is 30.1 Å². The summed E-state index contributed by atoms with van der Waals surface area (Å²) in [6, 6.07) is 18.5. The zero-order chi connectivity index (χ0) is 21.3. The number of ether oxygens (including phenoxy) is 1. The van der Waals surface area contributed by atoms with Gasteiger partial charge in [0.2, 0.25) is 5.91 Å². The largest absolute Gasteiger partial charge is 0.496 e. The van der Waals surface area contributed by atoms with Crippen LogP contribution in [0.25, 0.3) is 22.2 Å². The van der Waals surface area contributed by atoms with Crippen LogP contribution in [0, 0.1) is 6.92 Å². The molecule has 7 heteroatoms. The molecule has 0 bridgehead atoms. The number of benzene rings is 2. The SMILES string of the molecule is COc1ccccc1-c1cc(NC(=O)Cn2c(=O)cc(C)c3ccccc32)n(C)n1. The summed E-state index contributed by atoms with van der Waals surface area (Å²) >= 11 is 0. The Balaban J connectivity index is 1.61. The van der Waals surface area contributed by atoms with Gasteiger partial charge >= 0.3 is 0 Å². The fourth-order valence-corrected chi connectivity index (χ4v) is 3.56. The number of para-hydroxylation sites is 2. The van der Waals surface area contributed by atoms with Crippen LogP contribution in [0.4, 0.5) is 5.82 Å². The minimum atomic E-state index is -0.305. The number of nitrogens with one attached hydrogen (secondary N) is 1. The van der Waals surface area contributed by atoms with E-state index in [1.54, 1.807) is 31.0 Å². The topological polar surface area (TPSA) is 78.1 Å². The van der Waals surface area contributed by atoms with Gasteiger partial charge in [-0.2, -0.15) is 5.10 Å². The summed E-state index contributed by atoms with van der Waals surface area (Å²) in [7, 11) is 3.36. The van der Waals surface area contributed by atoms with Crippen LogP contribution in [0.1, 0.15) is 5.56 Å². The number of carbonyl (C=O) groups excluding carboxylic acids is 1. The van der Waals surface area contributed by atoms with E-state index in [9.17, 15) is 9.59 Å². The molecular formula is C23H22N4O3. The molecule has 0 atom stereocenters. The highest BCUT2D eigenvalue weighted by Crippen LogP contribution is 2.30. The summed E-state index contributed by atoms with van der Waals surface area (Å²) in [5, 5.41) is 8.28. The smallest absolute Gasteiger partial charge is 0.251 e. The Bertz CT molecular complexity index is 1300. The molecule has 152 valence electrons. The molecule has 1 N–H and O–H groups in total. The van der Waals surface area contributed by atoms with Crippen molar-refractivity contribution in [2.24, 2.45) is 7.05 Å². The molecule has 0 aliphatic carbocycles. The first-order valence-electron chi connectivity index (χ1n) is 9.54. The zero-order valence-electron chi connectivity index (χ0n) is 17.0. The molecule has 4 rings (SSSR count). The third kappa shape index (κ3) is 3.57. The molecule has 2 aromatic carbocycles. The lowest BCUT2D eigenvalue weighted by Gasteiger charge is -2.12. The molecule has 2 aromatic heterocycles. The van der Waals surface area contributed by atoms with Crippen molar-refractivity contribution in [3.63, 3.8) is 0 Å². The van der Waals surface area contributed by atoms with E-state index in [2.05, 4.69) is 10.4 Å². The summed E-state index contributed by atoms with van der Waals surface area (Å²) in [4.78, 5) is 25.3. The molecule has 0 spiro atoms. The maximum Gasteiger partial charge on any atom is 0.251 e. The quantitative estimate of drug-likeness (QED) is 0.555. The Morgan fingerprint density at radius 3 is 2.63 bits per heavy atom. The predicted octanol–water partition coefficient (Wildman–Crippen LogP) is 3.36. The van der Waals surface area contributed by atoms with Gasteiger partial charge in [-0.25, -0.2) is 0 Å². The number of methoxy groups -OCH3 is 1. The lowest BCUT2D eigenvalue weighted by atomic mass is 10.1. The molecule has 0 aliphatic rings. The minimum Gasteiger partial charge on any atom is -0.496 e. The number of carbonyl (C=O) groups is 1. The first kappa shape index (κ1) is 19.4. The van der Waals surface area contributed by atoms with Gasteiger partial charge in [-0.1, -0.05) is 30.3 Å². The van der Waals surface area contributed by atoms with Crippen molar-refractivity contribution in [1.29, 1.82) is 0 Å². The number of pyridine rings is 1. The van der Waals surface area contributed by atoms with E-state index in [1.165, 1.54) is 4.57 Å². The Morgan fingerprint density at radius 2 is 1.83 bits per heavy atom. The van der Waals surface area contributed by atoms with Crippen LogP contribution in [0.3, 0.4) is 0 Å². The summed E-state index contributed by atoms with van der Waals surface area (Å²) in [6.45, 7) is 1.80. The van der Waals surface area contributed by atoms with E-state index in [-0.39, 0.29) is 18.0 Å². The number of aryl methyl sites for hydroxylation is 2. The third-order valence-corrected chi connectivity index (χ3v) is 5.06. The lowest BCUT2D eigenvalue weighted by Crippen LogP contribution is -2.28. The molecule has 0 aliphatic heterocycles. The normalized spacial score (nSPS) is 10.9. The third-order valence-electron chi connectivity index (χ3n) is 5.06. The molecule has 7 nitrogen and oxygen atoms in total. The number of fused-ring (bicyclic) bond motifs is 1. The van der Waals surface area contributed by atoms with E-state index >= 15 is 0 Å². The van der Waals surface area contributed by atoms with Crippen LogP contribution in [-0.4, -0.2) is 27.4 Å². The van der Waals surface area contributed by atoms with Gasteiger partial charge in [0.15, 0.2) is 0 Å². The molecule has 30 heavy (non-hydrogen) atoms. The Morgan fingerprint density at radius 1 is 1.10 bits per heavy atom. The van der Waals surface area contributed by atoms with Crippen LogP contribution in [-0.2, 0) is 18.4 Å². The molecule has 2 heterocycles. The average molecular weight is 402 g/mol. The molecule has 1 amide bonds. The standard InChI is InChI=1S/C23H22N4O3/c1-15-12-23(29)27(19-10-6-4-8-16(15)19)14-22(28)24-21-13-18(25-26(21)2)17-9-5-7-11-20(17)30-3/h4-13H,14H2,1-3H3,(H,24,28). The van der Waals surface area contributed by atoms with Crippen LogP contribution >= 0.6 is 0 Å². The maximum atomic E-state index is 12.7. The van der Waals surface area contributed by atoms with Crippen molar-refractivity contribution >= 4 is 22.6 Å². The van der Waals surface area contributed by atoms with E-state index < -0.39 is 0 Å². The highest BCUT2D eigenvalue weighted by Gasteiger charge is 2.15. The fourth-order valence-electron chi connectivity index (χ4n) is 3.56. The maximum absolute atomic E-state index is 12.7. The monoisotopic (exact) mass is 402 g/mol. The number of aromatic nitrogens is 3. The summed E-state index contributed by atoms with van der Waals surface area (Å²) in [5.74, 6) is 0.928. The van der Waals surface area contributed by atoms with Gasteiger partial charge in [0.05, 0.1) is 18.3 Å². The van der Waals surface area contributed by atoms with Crippen molar-refractivity contribution < 1.29 is 9.53 Å². The molecule has 0 radical (unpaired) electrons. The van der Waals surface area contributed by atoms with E-state index in [0.29, 0.717) is 17.3 Å². The molecular weight excluding hydrogens is 380 g/mol. The summed E-state index contributed by atoms with van der Waals surface area (Å²) in [5.41, 5.74) is 2.93. The van der Waals surface area contributed by atoms with Gasteiger partial charge < -0.3 is 10.1 Å². The van der Waals surface area contributed by atoms with Crippen molar-refractivity contribution in [3.05, 3.63) is 76.6 Å². The number of rotatable bonds is 5. The van der Waals surface area contributed by atoms with Gasteiger partial charge in [-0.3, -0.25) is 18.8 Å². The van der Waals surface area contributed by atoms with Crippen molar-refractivity contribution in [1.82, 2.24) is 14.3 Å². The lowest BCUT2D eigenvalue weighted by molar-refractivity contribution is -0.116. The second-order valence-electron chi connectivity index (χ2n) is 7.06. The van der Waals surface area contributed by atoms with Crippen LogP contribution < -0.4 is 15.6 Å². The Labute approximate surface area is 173 Å². The summed E-state index contributed by atoms with van der Waals surface area (Å²) < 4.78 is 8.47. The highest BCUT2D eigenvalue weighted by atomic mass is 16.5. The second-order valence-corrected chi connectivity index (χ2v) is 7.06. The number of anilines is 1. The highest BCUT2D eigenvalue weighted by molar-refractivity contribution is 5.92. The number of hydrogen-bond acceptors (Lipinski definition) is 4. The van der Waals surface area contributed by atoms with E-state index in [4.69, 9.17) is 4.74 Å². The van der Waals surface area contributed by atoms with Crippen LogP contribution in [0.2, 0.25) is 0 Å². The first-order valence-corrected chi connectivity index (χ1v) is 9.54. The zero-order valence-corrected chi connectivity index (χ0v) is 17.0. The summed E-state index contributed by atoms with van der Waals surface area (Å²) in [6.07, 6.45) is 0. The van der Waals surface area contributed by atoms with Crippen molar-refractivity contribution in [3.8, 4) is 17.0 Å².